The van der Waals surface area contributed by atoms with Gasteiger partial charge in [0.1, 0.15) is 0 Å². The molecular weight excluding hydrogens is 318 g/mol. The lowest BCUT2D eigenvalue weighted by Crippen LogP contribution is -2.21. The van der Waals surface area contributed by atoms with Gasteiger partial charge >= 0.3 is 0 Å². The van der Waals surface area contributed by atoms with Crippen molar-refractivity contribution < 1.29 is 0 Å². The van der Waals surface area contributed by atoms with Crippen LogP contribution >= 0.6 is 15.9 Å². The first-order valence-corrected chi connectivity index (χ1v) is 7.08. The van der Waals surface area contributed by atoms with Gasteiger partial charge in [0.05, 0.1) is 0 Å². The fourth-order valence-electron chi connectivity index (χ4n) is 1.95. The van der Waals surface area contributed by atoms with E-state index in [0.29, 0.717) is 12.5 Å². The highest BCUT2D eigenvalue weighted by atomic mass is 79.9. The van der Waals surface area contributed by atoms with E-state index in [0.717, 1.165) is 15.7 Å². The summed E-state index contributed by atoms with van der Waals surface area (Å²) in [6.45, 7) is 0.585. The molecule has 0 radical (unpaired) electrons. The first-order chi connectivity index (χ1) is 9.72. The van der Waals surface area contributed by atoms with Crippen molar-refractivity contribution in [2.45, 2.75) is 6.04 Å². The highest BCUT2D eigenvalue weighted by Crippen LogP contribution is 2.13. The molecule has 3 aromatic rings. The van der Waals surface area contributed by atoms with Crippen LogP contribution in [0, 0.1) is 0 Å². The maximum absolute atomic E-state index is 6.13. The second-order valence-electron chi connectivity index (χ2n) is 4.48. The number of hydrogen-bond acceptors (Lipinski definition) is 4. The fourth-order valence-corrected chi connectivity index (χ4v) is 2.28. The predicted molar refractivity (Wildman–Crippen MR) is 82.5 cm³/mol. The maximum atomic E-state index is 6.13. The molecule has 0 aliphatic heterocycles. The maximum Gasteiger partial charge on any atom is 0.243 e. The highest BCUT2D eigenvalue weighted by molar-refractivity contribution is 9.10. The summed E-state index contributed by atoms with van der Waals surface area (Å²) in [7, 11) is 0. The van der Waals surface area contributed by atoms with Gasteiger partial charge < -0.3 is 11.1 Å². The minimum Gasteiger partial charge on any atom is -0.351 e. The van der Waals surface area contributed by atoms with E-state index in [9.17, 15) is 0 Å². The van der Waals surface area contributed by atoms with Gasteiger partial charge in [-0.05, 0) is 33.6 Å². The Hall–Kier alpha value is -1.92. The van der Waals surface area contributed by atoms with Crippen molar-refractivity contribution in [1.29, 1.82) is 0 Å². The lowest BCUT2D eigenvalue weighted by Gasteiger charge is -2.11. The van der Waals surface area contributed by atoms with Gasteiger partial charge in [0, 0.05) is 23.3 Å². The molecule has 6 heteroatoms. The summed E-state index contributed by atoms with van der Waals surface area (Å²) in [4.78, 5) is 4.38. The standard InChI is InChI=1S/C14H14BrN5/c15-11-6-7-13-18-14(19-20(13)9-11)17-8-12(16)10-4-2-1-3-5-10/h1-7,9,12H,8,16H2,(H,17,19). The number of nitrogens with zero attached hydrogens (tertiary/aromatic N) is 3. The van der Waals surface area contributed by atoms with Crippen LogP contribution in [-0.4, -0.2) is 21.1 Å². The second kappa shape index (κ2) is 5.60. The molecule has 0 saturated heterocycles. The molecule has 0 aliphatic rings. The SMILES string of the molecule is NC(CNc1nc2ccc(Br)cn2n1)c1ccccc1. The Bertz CT molecular complexity index is 710. The van der Waals surface area contributed by atoms with Gasteiger partial charge in [-0.2, -0.15) is 4.98 Å². The van der Waals surface area contributed by atoms with Crippen molar-refractivity contribution in [2.24, 2.45) is 5.73 Å². The Morgan fingerprint density at radius 3 is 2.80 bits per heavy atom. The molecule has 1 aromatic carbocycles. The topological polar surface area (TPSA) is 68.2 Å². The molecule has 1 unspecified atom stereocenters. The number of aromatic nitrogens is 3. The average Bonchev–Trinajstić information content (AvgIpc) is 2.87. The molecule has 20 heavy (non-hydrogen) atoms. The van der Waals surface area contributed by atoms with E-state index in [-0.39, 0.29) is 6.04 Å². The molecule has 0 fully saturated rings. The molecule has 0 amide bonds. The van der Waals surface area contributed by atoms with Gasteiger partial charge in [-0.1, -0.05) is 30.3 Å². The zero-order valence-corrected chi connectivity index (χ0v) is 12.3. The van der Waals surface area contributed by atoms with Gasteiger partial charge in [0.2, 0.25) is 5.95 Å². The zero-order chi connectivity index (χ0) is 13.9. The molecule has 102 valence electrons. The predicted octanol–water partition coefficient (Wildman–Crippen LogP) is 2.60. The van der Waals surface area contributed by atoms with Crippen LogP contribution in [0.1, 0.15) is 11.6 Å². The minimum atomic E-state index is -0.0884. The van der Waals surface area contributed by atoms with E-state index in [1.54, 1.807) is 4.52 Å². The van der Waals surface area contributed by atoms with Gasteiger partial charge in [0.15, 0.2) is 5.65 Å². The number of nitrogens with two attached hydrogens (primary N) is 1. The zero-order valence-electron chi connectivity index (χ0n) is 10.7. The van der Waals surface area contributed by atoms with E-state index in [4.69, 9.17) is 5.73 Å². The van der Waals surface area contributed by atoms with Crippen LogP contribution in [0.4, 0.5) is 5.95 Å². The summed E-state index contributed by atoms with van der Waals surface area (Å²) in [5, 5.41) is 7.52. The van der Waals surface area contributed by atoms with Gasteiger partial charge in [-0.15, -0.1) is 5.10 Å². The first kappa shape index (κ1) is 13.1. The molecule has 5 nitrogen and oxygen atoms in total. The second-order valence-corrected chi connectivity index (χ2v) is 5.40. The number of rotatable bonds is 4. The number of nitrogens with one attached hydrogen (secondary N) is 1. The summed E-state index contributed by atoms with van der Waals surface area (Å²) in [6, 6.07) is 13.7. The number of fused-ring (bicyclic) bond motifs is 1. The molecule has 3 rings (SSSR count). The van der Waals surface area contributed by atoms with Crippen molar-refractivity contribution in [2.75, 3.05) is 11.9 Å². The highest BCUT2D eigenvalue weighted by Gasteiger charge is 2.08. The van der Waals surface area contributed by atoms with Crippen molar-refractivity contribution in [3.05, 3.63) is 58.7 Å². The summed E-state index contributed by atoms with van der Waals surface area (Å²) in [5.74, 6) is 0.578. The smallest absolute Gasteiger partial charge is 0.243 e. The summed E-state index contributed by atoms with van der Waals surface area (Å²) < 4.78 is 2.68. The molecule has 0 saturated carbocycles. The van der Waals surface area contributed by atoms with E-state index in [1.807, 2.05) is 48.7 Å². The van der Waals surface area contributed by atoms with Crippen molar-refractivity contribution in [1.82, 2.24) is 14.6 Å². The summed E-state index contributed by atoms with van der Waals surface area (Å²) >= 11 is 3.41. The number of anilines is 1. The van der Waals surface area contributed by atoms with Gasteiger partial charge in [0.25, 0.3) is 0 Å². The Labute approximate surface area is 125 Å². The van der Waals surface area contributed by atoms with Crippen LogP contribution in [0.5, 0.6) is 0 Å². The lowest BCUT2D eigenvalue weighted by atomic mass is 10.1. The summed E-state index contributed by atoms with van der Waals surface area (Å²) in [6.07, 6.45) is 1.87. The van der Waals surface area contributed by atoms with Gasteiger partial charge in [-0.3, -0.25) is 0 Å². The van der Waals surface area contributed by atoms with Gasteiger partial charge in [-0.25, -0.2) is 4.52 Å². The number of pyridine rings is 1. The van der Waals surface area contributed by atoms with E-state index < -0.39 is 0 Å². The molecule has 0 aliphatic carbocycles. The molecule has 0 bridgehead atoms. The molecule has 1 atom stereocenters. The van der Waals surface area contributed by atoms with Crippen LogP contribution in [-0.2, 0) is 0 Å². The number of halogens is 1. The molecule has 3 N–H and O–H groups in total. The Morgan fingerprint density at radius 2 is 2.00 bits per heavy atom. The molecular formula is C14H14BrN5. The quantitative estimate of drug-likeness (QED) is 0.771. The largest absolute Gasteiger partial charge is 0.351 e. The van der Waals surface area contributed by atoms with Crippen molar-refractivity contribution in [3.8, 4) is 0 Å². The Morgan fingerprint density at radius 1 is 1.20 bits per heavy atom. The van der Waals surface area contributed by atoms with Crippen LogP contribution in [0.2, 0.25) is 0 Å². The summed E-state index contributed by atoms with van der Waals surface area (Å²) in [5.41, 5.74) is 8.01. The Kier molecular flexibility index (Phi) is 3.66. The molecule has 0 spiro atoms. The fraction of sp³-hybridized carbons (Fsp3) is 0.143. The molecule has 2 heterocycles. The van der Waals surface area contributed by atoms with E-state index >= 15 is 0 Å². The monoisotopic (exact) mass is 331 g/mol. The first-order valence-electron chi connectivity index (χ1n) is 6.29. The third-order valence-electron chi connectivity index (χ3n) is 3.00. The van der Waals surface area contributed by atoms with Crippen LogP contribution < -0.4 is 11.1 Å². The van der Waals surface area contributed by atoms with E-state index in [1.165, 1.54) is 0 Å². The number of hydrogen-bond donors (Lipinski definition) is 2. The normalized spacial score (nSPS) is 12.5. The van der Waals surface area contributed by atoms with Crippen LogP contribution in [0.25, 0.3) is 5.65 Å². The minimum absolute atomic E-state index is 0.0884. The van der Waals surface area contributed by atoms with Crippen molar-refractivity contribution in [3.63, 3.8) is 0 Å². The number of benzene rings is 1. The van der Waals surface area contributed by atoms with Crippen molar-refractivity contribution >= 4 is 27.5 Å². The van der Waals surface area contributed by atoms with Crippen LogP contribution in [0.3, 0.4) is 0 Å². The lowest BCUT2D eigenvalue weighted by molar-refractivity contribution is 0.757. The average molecular weight is 332 g/mol. The third kappa shape index (κ3) is 2.81. The van der Waals surface area contributed by atoms with Crippen LogP contribution in [0.15, 0.2) is 53.1 Å². The third-order valence-corrected chi connectivity index (χ3v) is 3.47. The van der Waals surface area contributed by atoms with E-state index in [2.05, 4.69) is 31.3 Å². The Balaban J connectivity index is 1.71. The molecule has 2 aromatic heterocycles.